The van der Waals surface area contributed by atoms with Crippen LogP contribution in [0.1, 0.15) is 66.8 Å². The van der Waals surface area contributed by atoms with Gasteiger partial charge in [-0.2, -0.15) is 0 Å². The number of carbonyl (C=O) groups is 3. The van der Waals surface area contributed by atoms with Gasteiger partial charge >= 0.3 is 0 Å². The fraction of sp³-hybridized carbons (Fsp3) is 0.423. The van der Waals surface area contributed by atoms with Crippen LogP contribution in [0.3, 0.4) is 0 Å². The summed E-state index contributed by atoms with van der Waals surface area (Å²) in [5.74, 6) is -0.437. The summed E-state index contributed by atoms with van der Waals surface area (Å²) in [6.45, 7) is 6.66. The molecule has 4 N–H and O–H groups in total. The van der Waals surface area contributed by atoms with Crippen molar-refractivity contribution in [2.45, 2.75) is 59.3 Å². The van der Waals surface area contributed by atoms with Gasteiger partial charge in [-0.1, -0.05) is 19.1 Å². The summed E-state index contributed by atoms with van der Waals surface area (Å²) in [5, 5.41) is 30.2. The molecule has 2 amide bonds. The zero-order valence-corrected chi connectivity index (χ0v) is 21.5. The topological polar surface area (TPSA) is 149 Å². The number of carbonyl (C=O) groups excluding carboxylic acids is 3. The van der Waals surface area contributed by atoms with Crippen LogP contribution in [0.25, 0.3) is 0 Å². The number of aliphatic hydroxyl groups is 1. The molecule has 0 aliphatic rings. The van der Waals surface area contributed by atoms with E-state index in [-0.39, 0.29) is 60.1 Å². The van der Waals surface area contributed by atoms with Crippen LogP contribution >= 0.6 is 0 Å². The average molecular weight is 518 g/mol. The van der Waals surface area contributed by atoms with E-state index in [9.17, 15) is 19.5 Å². The first-order valence-electron chi connectivity index (χ1n) is 12.0. The van der Waals surface area contributed by atoms with Crippen molar-refractivity contribution in [3.05, 3.63) is 59.2 Å². The summed E-state index contributed by atoms with van der Waals surface area (Å²) in [6.07, 6.45) is 0.0348. The van der Waals surface area contributed by atoms with Crippen molar-refractivity contribution in [3.8, 4) is 5.75 Å². The normalized spacial score (nSPS) is 11.9. The van der Waals surface area contributed by atoms with Gasteiger partial charge in [0.2, 0.25) is 5.91 Å². The zero-order valence-electron chi connectivity index (χ0n) is 21.5. The Kier molecular flexibility index (Phi) is 11.6. The molecular formula is C26H35N3O8. The molecule has 0 fully saturated rings. The van der Waals surface area contributed by atoms with Gasteiger partial charge in [0.25, 0.3) is 5.91 Å². The Bertz CT molecular complexity index is 1060. The molecule has 1 atom stereocenters. The lowest BCUT2D eigenvalue weighted by molar-refractivity contribution is -0.497. The molecule has 202 valence electrons. The van der Waals surface area contributed by atoms with E-state index >= 15 is 0 Å². The first kappa shape index (κ1) is 29.9. The van der Waals surface area contributed by atoms with Crippen LogP contribution < -0.4 is 10.1 Å². The minimum Gasteiger partial charge on any atom is -0.490 e. The highest BCUT2D eigenvalue weighted by molar-refractivity contribution is 5.99. The number of amides is 2. The van der Waals surface area contributed by atoms with E-state index in [1.54, 1.807) is 36.4 Å². The van der Waals surface area contributed by atoms with Crippen molar-refractivity contribution in [2.75, 3.05) is 18.5 Å². The van der Waals surface area contributed by atoms with Crippen molar-refractivity contribution in [2.24, 2.45) is 0 Å². The van der Waals surface area contributed by atoms with Crippen molar-refractivity contribution in [1.82, 2.24) is 10.3 Å². The lowest BCUT2D eigenvalue weighted by Gasteiger charge is -2.29. The van der Waals surface area contributed by atoms with Crippen LogP contribution in [-0.2, 0) is 16.2 Å². The van der Waals surface area contributed by atoms with Gasteiger partial charge in [-0.3, -0.25) is 24.8 Å². The molecule has 2 rings (SSSR count). The van der Waals surface area contributed by atoms with E-state index in [0.29, 0.717) is 29.7 Å². The molecule has 0 aromatic heterocycles. The number of ketones is 1. The second-order valence-corrected chi connectivity index (χ2v) is 8.80. The van der Waals surface area contributed by atoms with Crippen LogP contribution in [0.4, 0.5) is 5.69 Å². The Morgan fingerprint density at radius 3 is 2.30 bits per heavy atom. The lowest BCUT2D eigenvalue weighted by Crippen LogP contribution is -2.43. The average Bonchev–Trinajstić information content (AvgIpc) is 2.85. The molecule has 0 aliphatic carbocycles. The summed E-state index contributed by atoms with van der Waals surface area (Å²) in [5.41, 5.74) is 1.75. The minimum atomic E-state index is -1.04. The number of Topliss-reactive ketones (excluding diaryl/α,β-unsaturated/α-hetero) is 1. The first-order valence-corrected chi connectivity index (χ1v) is 12.0. The highest BCUT2D eigenvalue weighted by Gasteiger charge is 2.23. The molecule has 0 heterocycles. The number of anilines is 1. The number of hydrogen-bond acceptors (Lipinski definition) is 9. The van der Waals surface area contributed by atoms with Crippen LogP contribution in [0.5, 0.6) is 5.75 Å². The lowest BCUT2D eigenvalue weighted by atomic mass is 10.1. The highest BCUT2D eigenvalue weighted by atomic mass is 17.1. The van der Waals surface area contributed by atoms with Gasteiger partial charge < -0.3 is 20.1 Å². The van der Waals surface area contributed by atoms with Crippen LogP contribution in [-0.4, -0.2) is 68.7 Å². The van der Waals surface area contributed by atoms with E-state index in [1.165, 1.54) is 17.9 Å². The van der Waals surface area contributed by atoms with E-state index in [2.05, 4.69) is 10.2 Å². The van der Waals surface area contributed by atoms with Crippen molar-refractivity contribution in [1.29, 1.82) is 0 Å². The molecule has 2 aromatic rings. The number of aliphatic hydroxyl groups excluding tert-OH is 1. The van der Waals surface area contributed by atoms with Crippen molar-refractivity contribution >= 4 is 23.3 Å². The van der Waals surface area contributed by atoms with Gasteiger partial charge in [-0.05, 0) is 63.1 Å². The van der Waals surface area contributed by atoms with Crippen molar-refractivity contribution < 1.29 is 39.5 Å². The van der Waals surface area contributed by atoms with Crippen LogP contribution in [0, 0.1) is 0 Å². The van der Waals surface area contributed by atoms with E-state index in [0.717, 1.165) is 0 Å². The largest absolute Gasteiger partial charge is 0.490 e. The van der Waals surface area contributed by atoms with Gasteiger partial charge in [0.1, 0.15) is 18.5 Å². The molecule has 37 heavy (non-hydrogen) atoms. The smallest absolute Gasteiger partial charge is 0.254 e. The van der Waals surface area contributed by atoms with Crippen LogP contribution in [0.2, 0.25) is 0 Å². The standard InChI is InChI=1S/C26H35N3O8/c1-5-6-25(32)27-21-11-12-24(23(13-21)18(4)30)36-16-22(31)14-28(17(2)3)26(33)20-9-7-19(8-10-20)15-37-29(34)35/h7-13,17,22,31,34-35H,5-6,14-16H2,1-4H3,(H,27,32). The molecule has 0 radical (unpaired) electrons. The second kappa shape index (κ2) is 14.4. The fourth-order valence-electron chi connectivity index (χ4n) is 3.49. The molecule has 0 bridgehead atoms. The summed E-state index contributed by atoms with van der Waals surface area (Å²) in [7, 11) is 0. The fourth-order valence-corrected chi connectivity index (χ4v) is 3.49. The highest BCUT2D eigenvalue weighted by Crippen LogP contribution is 2.24. The number of nitrogens with zero attached hydrogens (tertiary/aromatic N) is 2. The Hall–Kier alpha value is -3.35. The molecular weight excluding hydrogens is 482 g/mol. The Morgan fingerprint density at radius 2 is 1.73 bits per heavy atom. The molecule has 1 unspecified atom stereocenters. The molecule has 11 nitrogen and oxygen atoms in total. The van der Waals surface area contributed by atoms with Gasteiger partial charge in [0.05, 0.1) is 24.1 Å². The number of ether oxygens (including phenoxy) is 1. The van der Waals surface area contributed by atoms with Crippen molar-refractivity contribution in [3.63, 3.8) is 0 Å². The van der Waals surface area contributed by atoms with Gasteiger partial charge in [0, 0.05) is 23.7 Å². The Morgan fingerprint density at radius 1 is 1.05 bits per heavy atom. The van der Waals surface area contributed by atoms with Crippen LogP contribution in [0.15, 0.2) is 42.5 Å². The Balaban J connectivity index is 2.03. The number of rotatable bonds is 14. The van der Waals surface area contributed by atoms with Gasteiger partial charge in [-0.25, -0.2) is 4.84 Å². The zero-order chi connectivity index (χ0) is 27.5. The molecule has 0 aliphatic heterocycles. The quantitative estimate of drug-likeness (QED) is 0.218. The second-order valence-electron chi connectivity index (χ2n) is 8.80. The predicted molar refractivity (Wildman–Crippen MR) is 134 cm³/mol. The molecule has 0 saturated carbocycles. The number of hydrogen-bond donors (Lipinski definition) is 4. The van der Waals surface area contributed by atoms with E-state index in [1.807, 2.05) is 20.8 Å². The summed E-state index contributed by atoms with van der Waals surface area (Å²) in [4.78, 5) is 43.1. The summed E-state index contributed by atoms with van der Waals surface area (Å²) < 4.78 is 5.72. The maximum absolute atomic E-state index is 13.1. The Labute approximate surface area is 216 Å². The third kappa shape index (κ3) is 9.56. The number of nitrogens with one attached hydrogen (secondary N) is 1. The molecule has 0 spiro atoms. The summed E-state index contributed by atoms with van der Waals surface area (Å²) in [6, 6.07) is 10.9. The molecule has 2 aromatic carbocycles. The SMILES string of the molecule is CCCC(=O)Nc1ccc(OCC(O)CN(C(=O)c2ccc(CON(O)O)cc2)C(C)C)c(C(C)=O)c1. The van der Waals surface area contributed by atoms with E-state index in [4.69, 9.17) is 15.2 Å². The molecule has 0 saturated heterocycles. The summed E-state index contributed by atoms with van der Waals surface area (Å²) >= 11 is 0. The van der Waals surface area contributed by atoms with Gasteiger partial charge in [-0.15, -0.1) is 0 Å². The third-order valence-corrected chi connectivity index (χ3v) is 5.39. The predicted octanol–water partition coefficient (Wildman–Crippen LogP) is 3.43. The van der Waals surface area contributed by atoms with E-state index < -0.39 is 6.10 Å². The van der Waals surface area contributed by atoms with Gasteiger partial charge in [0.15, 0.2) is 5.78 Å². The maximum atomic E-state index is 13.1. The number of benzene rings is 2. The first-order chi connectivity index (χ1) is 17.5. The third-order valence-electron chi connectivity index (χ3n) is 5.39. The minimum absolute atomic E-state index is 0.00803. The monoisotopic (exact) mass is 517 g/mol. The maximum Gasteiger partial charge on any atom is 0.254 e. The molecule has 11 heteroatoms.